The van der Waals surface area contributed by atoms with Crippen LogP contribution in [0, 0.1) is 0 Å². The minimum Gasteiger partial charge on any atom is -0.382 e. The van der Waals surface area contributed by atoms with Crippen LogP contribution in [-0.2, 0) is 10.0 Å². The SMILES string of the molecule is CN(C)S(=O)(=O)c1ccc(NC2CCCC2)cc1. The van der Waals surface area contributed by atoms with E-state index in [9.17, 15) is 8.42 Å². The third-order valence-corrected chi connectivity index (χ3v) is 5.19. The number of rotatable bonds is 4. The summed E-state index contributed by atoms with van der Waals surface area (Å²) in [6.07, 6.45) is 4.98. The lowest BCUT2D eigenvalue weighted by molar-refractivity contribution is 0.521. The molecule has 1 aliphatic carbocycles. The molecule has 1 N–H and O–H groups in total. The highest BCUT2D eigenvalue weighted by Gasteiger charge is 2.18. The first-order valence-corrected chi connectivity index (χ1v) is 7.73. The Morgan fingerprint density at radius 3 is 2.17 bits per heavy atom. The van der Waals surface area contributed by atoms with Crippen molar-refractivity contribution in [3.63, 3.8) is 0 Å². The van der Waals surface area contributed by atoms with Crippen LogP contribution in [0.15, 0.2) is 29.2 Å². The fourth-order valence-corrected chi connectivity index (χ4v) is 3.14. The lowest BCUT2D eigenvalue weighted by Gasteiger charge is -2.15. The number of benzene rings is 1. The second-order valence-electron chi connectivity index (χ2n) is 4.94. The van der Waals surface area contributed by atoms with Crippen LogP contribution in [0.2, 0.25) is 0 Å². The first kappa shape index (κ1) is 13.4. The van der Waals surface area contributed by atoms with E-state index >= 15 is 0 Å². The van der Waals surface area contributed by atoms with E-state index in [-0.39, 0.29) is 0 Å². The zero-order valence-corrected chi connectivity index (χ0v) is 11.7. The van der Waals surface area contributed by atoms with Crippen LogP contribution in [0.1, 0.15) is 25.7 Å². The summed E-state index contributed by atoms with van der Waals surface area (Å²) in [6.45, 7) is 0. The molecule has 0 radical (unpaired) electrons. The molecule has 100 valence electrons. The monoisotopic (exact) mass is 268 g/mol. The van der Waals surface area contributed by atoms with E-state index in [1.54, 1.807) is 26.2 Å². The largest absolute Gasteiger partial charge is 0.382 e. The Balaban J connectivity index is 2.10. The molecule has 0 saturated heterocycles. The average molecular weight is 268 g/mol. The van der Waals surface area contributed by atoms with E-state index in [0.717, 1.165) is 5.69 Å². The Hall–Kier alpha value is -1.07. The van der Waals surface area contributed by atoms with Crippen molar-refractivity contribution >= 4 is 15.7 Å². The van der Waals surface area contributed by atoms with Gasteiger partial charge in [-0.25, -0.2) is 12.7 Å². The third kappa shape index (κ3) is 2.84. The van der Waals surface area contributed by atoms with Gasteiger partial charge < -0.3 is 5.32 Å². The Bertz CT molecular complexity index is 488. The molecule has 1 saturated carbocycles. The van der Waals surface area contributed by atoms with Crippen LogP contribution >= 0.6 is 0 Å². The first-order valence-electron chi connectivity index (χ1n) is 6.29. The van der Waals surface area contributed by atoms with E-state index in [1.165, 1.54) is 30.0 Å². The van der Waals surface area contributed by atoms with Crippen LogP contribution in [0.4, 0.5) is 5.69 Å². The maximum Gasteiger partial charge on any atom is 0.242 e. The lowest BCUT2D eigenvalue weighted by Crippen LogP contribution is -2.22. The maximum absolute atomic E-state index is 11.9. The summed E-state index contributed by atoms with van der Waals surface area (Å²) in [5.74, 6) is 0. The van der Waals surface area contributed by atoms with Gasteiger partial charge >= 0.3 is 0 Å². The molecule has 2 rings (SSSR count). The summed E-state index contributed by atoms with van der Waals surface area (Å²) >= 11 is 0. The van der Waals surface area contributed by atoms with Crippen molar-refractivity contribution in [3.8, 4) is 0 Å². The Kier molecular flexibility index (Phi) is 3.92. The number of nitrogens with zero attached hydrogens (tertiary/aromatic N) is 1. The minimum atomic E-state index is -3.32. The van der Waals surface area contributed by atoms with Gasteiger partial charge in [-0.2, -0.15) is 0 Å². The average Bonchev–Trinajstić information content (AvgIpc) is 2.82. The molecular weight excluding hydrogens is 248 g/mol. The molecular formula is C13H20N2O2S. The Morgan fingerprint density at radius 1 is 1.11 bits per heavy atom. The van der Waals surface area contributed by atoms with Gasteiger partial charge in [-0.3, -0.25) is 0 Å². The van der Waals surface area contributed by atoms with Crippen molar-refractivity contribution in [2.24, 2.45) is 0 Å². The van der Waals surface area contributed by atoms with Gasteiger partial charge in [0.05, 0.1) is 4.90 Å². The highest BCUT2D eigenvalue weighted by Crippen LogP contribution is 2.23. The summed E-state index contributed by atoms with van der Waals surface area (Å²) in [4.78, 5) is 0.337. The second-order valence-corrected chi connectivity index (χ2v) is 7.09. The molecule has 0 amide bonds. The van der Waals surface area contributed by atoms with E-state index < -0.39 is 10.0 Å². The van der Waals surface area contributed by atoms with Crippen LogP contribution in [-0.4, -0.2) is 32.9 Å². The lowest BCUT2D eigenvalue weighted by atomic mass is 10.2. The van der Waals surface area contributed by atoms with E-state index in [2.05, 4.69) is 5.32 Å². The molecule has 0 aromatic heterocycles. The summed E-state index contributed by atoms with van der Waals surface area (Å²) in [6, 6.07) is 7.55. The van der Waals surface area contributed by atoms with Crippen LogP contribution in [0.5, 0.6) is 0 Å². The fourth-order valence-electron chi connectivity index (χ4n) is 2.24. The number of hydrogen-bond acceptors (Lipinski definition) is 3. The molecule has 4 nitrogen and oxygen atoms in total. The summed E-state index contributed by atoms with van der Waals surface area (Å²) < 4.78 is 25.0. The molecule has 1 aromatic carbocycles. The Morgan fingerprint density at radius 2 is 1.67 bits per heavy atom. The number of hydrogen-bond donors (Lipinski definition) is 1. The van der Waals surface area contributed by atoms with Crippen molar-refractivity contribution in [2.75, 3.05) is 19.4 Å². The molecule has 0 unspecified atom stereocenters. The highest BCUT2D eigenvalue weighted by atomic mass is 32.2. The molecule has 0 bridgehead atoms. The normalized spacial score (nSPS) is 17.3. The second kappa shape index (κ2) is 5.28. The van der Waals surface area contributed by atoms with E-state index in [1.807, 2.05) is 12.1 Å². The van der Waals surface area contributed by atoms with Crippen LogP contribution in [0.25, 0.3) is 0 Å². The highest BCUT2D eigenvalue weighted by molar-refractivity contribution is 7.89. The topological polar surface area (TPSA) is 49.4 Å². The van der Waals surface area contributed by atoms with Gasteiger partial charge in [-0.15, -0.1) is 0 Å². The molecule has 0 heterocycles. The molecule has 0 spiro atoms. The smallest absolute Gasteiger partial charge is 0.242 e. The van der Waals surface area contributed by atoms with Gasteiger partial charge in [0, 0.05) is 25.8 Å². The predicted octanol–water partition coefficient (Wildman–Crippen LogP) is 2.29. The number of nitrogens with one attached hydrogen (secondary N) is 1. The first-order chi connectivity index (χ1) is 8.50. The van der Waals surface area contributed by atoms with Crippen molar-refractivity contribution in [1.82, 2.24) is 4.31 Å². The van der Waals surface area contributed by atoms with E-state index in [0.29, 0.717) is 10.9 Å². The van der Waals surface area contributed by atoms with Crippen molar-refractivity contribution in [2.45, 2.75) is 36.6 Å². The van der Waals surface area contributed by atoms with Crippen molar-refractivity contribution in [3.05, 3.63) is 24.3 Å². The molecule has 0 aliphatic heterocycles. The van der Waals surface area contributed by atoms with Gasteiger partial charge in [0.15, 0.2) is 0 Å². The molecule has 18 heavy (non-hydrogen) atoms. The molecule has 1 aromatic rings. The quantitative estimate of drug-likeness (QED) is 0.911. The molecule has 0 atom stereocenters. The van der Waals surface area contributed by atoms with Gasteiger partial charge in [-0.1, -0.05) is 12.8 Å². The molecule has 5 heteroatoms. The van der Waals surface area contributed by atoms with Crippen LogP contribution in [0.3, 0.4) is 0 Å². The van der Waals surface area contributed by atoms with Crippen molar-refractivity contribution in [1.29, 1.82) is 0 Å². The van der Waals surface area contributed by atoms with Gasteiger partial charge in [0.25, 0.3) is 0 Å². The molecule has 1 aliphatic rings. The standard InChI is InChI=1S/C13H20N2O2S/c1-15(2)18(16,17)13-9-7-12(8-10-13)14-11-5-3-4-6-11/h7-11,14H,3-6H2,1-2H3. The number of sulfonamides is 1. The summed E-state index contributed by atoms with van der Waals surface area (Å²) in [5.41, 5.74) is 1.000. The van der Waals surface area contributed by atoms with Crippen molar-refractivity contribution < 1.29 is 8.42 Å². The predicted molar refractivity (Wildman–Crippen MR) is 73.2 cm³/mol. The summed E-state index contributed by atoms with van der Waals surface area (Å²) in [5, 5.41) is 3.44. The zero-order valence-electron chi connectivity index (χ0n) is 10.9. The van der Waals surface area contributed by atoms with Gasteiger partial charge in [0.2, 0.25) is 10.0 Å². The third-order valence-electron chi connectivity index (χ3n) is 3.36. The van der Waals surface area contributed by atoms with Crippen LogP contribution < -0.4 is 5.32 Å². The fraction of sp³-hybridized carbons (Fsp3) is 0.538. The van der Waals surface area contributed by atoms with Gasteiger partial charge in [0.1, 0.15) is 0 Å². The van der Waals surface area contributed by atoms with Gasteiger partial charge in [-0.05, 0) is 37.1 Å². The summed E-state index contributed by atoms with van der Waals surface area (Å²) in [7, 11) is -0.232. The maximum atomic E-state index is 11.9. The molecule has 1 fully saturated rings. The Labute approximate surface area is 109 Å². The minimum absolute atomic E-state index is 0.337. The number of anilines is 1. The zero-order chi connectivity index (χ0) is 13.2. The van der Waals surface area contributed by atoms with E-state index in [4.69, 9.17) is 0 Å².